The van der Waals surface area contributed by atoms with Crippen molar-refractivity contribution in [3.05, 3.63) is 18.2 Å². The molecule has 1 rings (SSSR count). The van der Waals surface area contributed by atoms with E-state index in [1.807, 2.05) is 28.6 Å². The summed E-state index contributed by atoms with van der Waals surface area (Å²) in [6.45, 7) is 0.863. The summed E-state index contributed by atoms with van der Waals surface area (Å²) in [7, 11) is 1.90. The SMILES string of the molecule is C[n+]1ccn(CCBr)c1/C=N/O.[Cl-]. The molecule has 4 nitrogen and oxygen atoms in total. The summed E-state index contributed by atoms with van der Waals surface area (Å²) in [6.07, 6.45) is 5.28. The van der Waals surface area contributed by atoms with Gasteiger partial charge in [-0.25, -0.2) is 9.13 Å². The highest BCUT2D eigenvalue weighted by molar-refractivity contribution is 9.09. The Balaban J connectivity index is 0.00000144. The molecule has 0 saturated carbocycles. The number of alkyl halides is 1. The number of halogens is 2. The highest BCUT2D eigenvalue weighted by atomic mass is 79.9. The number of aromatic nitrogens is 2. The molecule has 0 radical (unpaired) electrons. The maximum Gasteiger partial charge on any atom is 0.303 e. The van der Waals surface area contributed by atoms with Gasteiger partial charge in [-0.05, 0) is 0 Å². The van der Waals surface area contributed by atoms with Crippen molar-refractivity contribution in [3.63, 3.8) is 0 Å². The number of oxime groups is 1. The third-order valence-electron chi connectivity index (χ3n) is 1.62. The Bertz CT molecular complexity index is 287. The van der Waals surface area contributed by atoms with Gasteiger partial charge in [0.25, 0.3) is 0 Å². The topological polar surface area (TPSA) is 41.4 Å². The summed E-state index contributed by atoms with van der Waals surface area (Å²) in [4.78, 5) is 0. The van der Waals surface area contributed by atoms with Gasteiger partial charge in [0.15, 0.2) is 6.21 Å². The highest BCUT2D eigenvalue weighted by Crippen LogP contribution is 1.94. The van der Waals surface area contributed by atoms with E-state index in [9.17, 15) is 0 Å². The first-order valence-corrected chi connectivity index (χ1v) is 4.70. The summed E-state index contributed by atoms with van der Waals surface area (Å²) in [6, 6.07) is 0. The van der Waals surface area contributed by atoms with Crippen LogP contribution in [0.2, 0.25) is 0 Å². The van der Waals surface area contributed by atoms with E-state index < -0.39 is 0 Å². The van der Waals surface area contributed by atoms with Crippen LogP contribution in [-0.4, -0.2) is 21.3 Å². The van der Waals surface area contributed by atoms with Crippen LogP contribution in [0.5, 0.6) is 0 Å². The first-order chi connectivity index (χ1) is 5.79. The maximum absolute atomic E-state index is 8.39. The molecule has 74 valence electrons. The second-order valence-corrected chi connectivity index (χ2v) is 3.19. The molecule has 0 fully saturated rings. The van der Waals surface area contributed by atoms with Gasteiger partial charge in [-0.1, -0.05) is 21.1 Å². The van der Waals surface area contributed by atoms with Crippen molar-refractivity contribution >= 4 is 22.1 Å². The lowest BCUT2D eigenvalue weighted by Gasteiger charge is -1.93. The van der Waals surface area contributed by atoms with Crippen molar-refractivity contribution in [2.75, 3.05) is 5.33 Å². The summed E-state index contributed by atoms with van der Waals surface area (Å²) in [5.74, 6) is 0.872. The fourth-order valence-electron chi connectivity index (χ4n) is 1.03. The first kappa shape index (κ1) is 12.4. The fourth-order valence-corrected chi connectivity index (χ4v) is 1.41. The van der Waals surface area contributed by atoms with Crippen molar-refractivity contribution in [3.8, 4) is 0 Å². The van der Waals surface area contributed by atoms with E-state index in [1.54, 1.807) is 0 Å². The molecule has 0 aliphatic heterocycles. The van der Waals surface area contributed by atoms with Crippen LogP contribution in [0.4, 0.5) is 0 Å². The lowest BCUT2D eigenvalue weighted by atomic mass is 10.6. The molecule has 0 unspecified atom stereocenters. The van der Waals surface area contributed by atoms with E-state index in [1.165, 1.54) is 6.21 Å². The largest absolute Gasteiger partial charge is 1.00 e. The van der Waals surface area contributed by atoms with Gasteiger partial charge in [-0.3, -0.25) is 0 Å². The number of imidazole rings is 1. The number of nitrogens with zero attached hydrogens (tertiary/aromatic N) is 3. The molecule has 0 aliphatic rings. The van der Waals surface area contributed by atoms with E-state index in [0.717, 1.165) is 17.7 Å². The molecule has 0 aromatic carbocycles. The van der Waals surface area contributed by atoms with Gasteiger partial charge >= 0.3 is 5.82 Å². The molecule has 6 heteroatoms. The third-order valence-corrected chi connectivity index (χ3v) is 1.98. The molecule has 1 aromatic rings. The van der Waals surface area contributed by atoms with E-state index in [0.29, 0.717) is 0 Å². The Hall–Kier alpha value is -0.550. The van der Waals surface area contributed by atoms with Gasteiger partial charge in [0.05, 0.1) is 7.05 Å². The standard InChI is InChI=1S/C7H10BrN3O.ClH/c1-10-4-5-11(3-2-8)7(10)6-9-12;/h4-6H,2-3H2,1H3;1H. The predicted octanol–water partition coefficient (Wildman–Crippen LogP) is -2.48. The number of hydrogen-bond acceptors (Lipinski definition) is 2. The molecule has 1 aromatic heterocycles. The van der Waals surface area contributed by atoms with Crippen molar-refractivity contribution in [1.82, 2.24) is 4.57 Å². The normalized spacial score (nSPS) is 10.3. The second-order valence-electron chi connectivity index (χ2n) is 2.39. The number of aryl methyl sites for hydroxylation is 2. The van der Waals surface area contributed by atoms with E-state index in [2.05, 4.69) is 21.1 Å². The highest BCUT2D eigenvalue weighted by Gasteiger charge is 2.10. The molecule has 1 N–H and O–H groups in total. The van der Waals surface area contributed by atoms with Crippen molar-refractivity contribution in [2.24, 2.45) is 12.2 Å². The van der Waals surface area contributed by atoms with Gasteiger partial charge in [0, 0.05) is 5.33 Å². The predicted molar refractivity (Wildman–Crippen MR) is 48.8 cm³/mol. The fraction of sp³-hybridized carbons (Fsp3) is 0.429. The van der Waals surface area contributed by atoms with Crippen LogP contribution >= 0.6 is 15.9 Å². The molecule has 0 amide bonds. The van der Waals surface area contributed by atoms with Gasteiger partial charge in [-0.15, -0.1) is 0 Å². The van der Waals surface area contributed by atoms with Crippen LogP contribution in [-0.2, 0) is 13.6 Å². The third kappa shape index (κ3) is 3.00. The molecule has 0 bridgehead atoms. The van der Waals surface area contributed by atoms with Crippen LogP contribution in [0.15, 0.2) is 17.5 Å². The molecular formula is C7H11BrClN3O. The van der Waals surface area contributed by atoms with Gasteiger partial charge in [0.1, 0.15) is 18.9 Å². The lowest BCUT2D eigenvalue weighted by Crippen LogP contribution is -3.00. The van der Waals surface area contributed by atoms with Gasteiger partial charge < -0.3 is 17.6 Å². The minimum absolute atomic E-state index is 0. The smallest absolute Gasteiger partial charge is 0.303 e. The number of hydrogen-bond donors (Lipinski definition) is 1. The summed E-state index contributed by atoms with van der Waals surface area (Å²) >= 11 is 3.34. The first-order valence-electron chi connectivity index (χ1n) is 3.57. The second kappa shape index (κ2) is 5.99. The van der Waals surface area contributed by atoms with Gasteiger partial charge in [-0.2, -0.15) is 0 Å². The Labute approximate surface area is 91.4 Å². The minimum Gasteiger partial charge on any atom is -1.00 e. The molecule has 1 heterocycles. The Morgan fingerprint density at radius 1 is 1.77 bits per heavy atom. The molecule has 0 aliphatic carbocycles. The average Bonchev–Trinajstić information content (AvgIpc) is 2.37. The maximum atomic E-state index is 8.39. The molecular weight excluding hydrogens is 257 g/mol. The summed E-state index contributed by atoms with van der Waals surface area (Å²) < 4.78 is 3.89. The Kier molecular flexibility index (Phi) is 5.73. The molecule has 0 atom stereocenters. The minimum atomic E-state index is 0. The van der Waals surface area contributed by atoms with E-state index >= 15 is 0 Å². The van der Waals surface area contributed by atoms with Crippen molar-refractivity contribution in [2.45, 2.75) is 6.54 Å². The molecule has 0 saturated heterocycles. The lowest BCUT2D eigenvalue weighted by molar-refractivity contribution is -0.671. The Morgan fingerprint density at radius 3 is 3.00 bits per heavy atom. The average molecular weight is 269 g/mol. The van der Waals surface area contributed by atoms with Crippen LogP contribution < -0.4 is 17.0 Å². The summed E-state index contributed by atoms with van der Waals surface area (Å²) in [5, 5.41) is 12.3. The zero-order valence-electron chi connectivity index (χ0n) is 7.19. The van der Waals surface area contributed by atoms with Crippen molar-refractivity contribution in [1.29, 1.82) is 0 Å². The number of rotatable bonds is 3. The zero-order valence-corrected chi connectivity index (χ0v) is 9.53. The van der Waals surface area contributed by atoms with E-state index in [-0.39, 0.29) is 12.4 Å². The monoisotopic (exact) mass is 267 g/mol. The van der Waals surface area contributed by atoms with Gasteiger partial charge in [0.2, 0.25) is 0 Å². The quantitative estimate of drug-likeness (QED) is 0.213. The Morgan fingerprint density at radius 2 is 2.46 bits per heavy atom. The molecule has 0 spiro atoms. The van der Waals surface area contributed by atoms with Crippen molar-refractivity contribution < 1.29 is 22.2 Å². The zero-order chi connectivity index (χ0) is 8.97. The van der Waals surface area contributed by atoms with Crippen LogP contribution in [0.3, 0.4) is 0 Å². The van der Waals surface area contributed by atoms with Crippen LogP contribution in [0, 0.1) is 0 Å². The van der Waals surface area contributed by atoms with E-state index in [4.69, 9.17) is 5.21 Å². The summed E-state index contributed by atoms with van der Waals surface area (Å²) in [5.41, 5.74) is 0. The molecule has 13 heavy (non-hydrogen) atoms. The van der Waals surface area contributed by atoms with Crippen LogP contribution in [0.25, 0.3) is 0 Å². The van der Waals surface area contributed by atoms with Crippen LogP contribution in [0.1, 0.15) is 5.82 Å².